The van der Waals surface area contributed by atoms with Gasteiger partial charge in [-0.2, -0.15) is 0 Å². The molecule has 0 spiro atoms. The maximum absolute atomic E-state index is 12.4. The van der Waals surface area contributed by atoms with E-state index in [1.54, 1.807) is 13.4 Å². The summed E-state index contributed by atoms with van der Waals surface area (Å²) in [6.07, 6.45) is 1.57. The van der Waals surface area contributed by atoms with Gasteiger partial charge < -0.3 is 24.6 Å². The van der Waals surface area contributed by atoms with Gasteiger partial charge in [0.15, 0.2) is 0 Å². The van der Waals surface area contributed by atoms with Gasteiger partial charge >= 0.3 is 0 Å². The molecule has 1 fully saturated rings. The molecule has 8 nitrogen and oxygen atoms in total. The van der Waals surface area contributed by atoms with Crippen molar-refractivity contribution < 1.29 is 14.3 Å². The lowest BCUT2D eigenvalue weighted by Gasteiger charge is -2.36. The van der Waals surface area contributed by atoms with Crippen molar-refractivity contribution in [2.75, 3.05) is 60.8 Å². The number of aromatic nitrogens is 2. The van der Waals surface area contributed by atoms with E-state index in [-0.39, 0.29) is 11.7 Å². The number of benzene rings is 2. The number of rotatable bonds is 9. The average molecular weight is 480 g/mol. The highest BCUT2D eigenvalue weighted by Crippen LogP contribution is 2.24. The van der Waals surface area contributed by atoms with E-state index in [9.17, 15) is 4.79 Å². The molecule has 2 heterocycles. The third kappa shape index (κ3) is 6.32. The van der Waals surface area contributed by atoms with Crippen LogP contribution in [0.15, 0.2) is 66.0 Å². The van der Waals surface area contributed by atoms with Gasteiger partial charge in [0, 0.05) is 43.6 Å². The van der Waals surface area contributed by atoms with E-state index in [4.69, 9.17) is 9.47 Å². The fourth-order valence-corrected chi connectivity index (χ4v) is 4.37. The van der Waals surface area contributed by atoms with Gasteiger partial charge in [-0.05, 0) is 55.5 Å². The van der Waals surface area contributed by atoms with E-state index in [0.717, 1.165) is 54.2 Å². The van der Waals surface area contributed by atoms with Crippen molar-refractivity contribution in [3.05, 3.63) is 60.9 Å². The second-order valence-electron chi connectivity index (χ2n) is 7.68. The SMILES string of the molecule is CCOc1ccc(NC(=O)CSc2cc(N3CCN(c4ccc(OC)cc4)CC3)ncn2)cc1. The Morgan fingerprint density at radius 1 is 0.971 bits per heavy atom. The van der Waals surface area contributed by atoms with Gasteiger partial charge in [-0.1, -0.05) is 11.8 Å². The third-order valence-corrected chi connectivity index (χ3v) is 6.39. The van der Waals surface area contributed by atoms with Crippen molar-refractivity contribution in [1.29, 1.82) is 0 Å². The van der Waals surface area contributed by atoms with Gasteiger partial charge in [-0.15, -0.1) is 0 Å². The minimum Gasteiger partial charge on any atom is -0.497 e. The molecule has 1 N–H and O–H groups in total. The number of nitrogens with zero attached hydrogens (tertiary/aromatic N) is 4. The normalized spacial score (nSPS) is 13.5. The zero-order chi connectivity index (χ0) is 23.8. The van der Waals surface area contributed by atoms with Crippen molar-refractivity contribution in [1.82, 2.24) is 9.97 Å². The number of amides is 1. The van der Waals surface area contributed by atoms with E-state index < -0.39 is 0 Å². The molecule has 0 bridgehead atoms. The van der Waals surface area contributed by atoms with Crippen LogP contribution in [0, 0.1) is 0 Å². The zero-order valence-corrected chi connectivity index (χ0v) is 20.3. The molecule has 34 heavy (non-hydrogen) atoms. The van der Waals surface area contributed by atoms with Crippen LogP contribution in [0.25, 0.3) is 0 Å². The van der Waals surface area contributed by atoms with Crippen LogP contribution in [0.3, 0.4) is 0 Å². The predicted octanol–water partition coefficient (Wildman–Crippen LogP) is 3.94. The van der Waals surface area contributed by atoms with Crippen LogP contribution >= 0.6 is 11.8 Å². The second-order valence-corrected chi connectivity index (χ2v) is 8.68. The summed E-state index contributed by atoms with van der Waals surface area (Å²) in [5.41, 5.74) is 1.94. The lowest BCUT2D eigenvalue weighted by Crippen LogP contribution is -2.46. The summed E-state index contributed by atoms with van der Waals surface area (Å²) in [7, 11) is 1.68. The minimum absolute atomic E-state index is 0.0811. The molecular formula is C25H29N5O3S. The highest BCUT2D eigenvalue weighted by molar-refractivity contribution is 7.99. The van der Waals surface area contributed by atoms with Crippen molar-refractivity contribution in [2.45, 2.75) is 11.9 Å². The fourth-order valence-electron chi connectivity index (χ4n) is 3.71. The lowest BCUT2D eigenvalue weighted by molar-refractivity contribution is -0.113. The van der Waals surface area contributed by atoms with Gasteiger partial charge in [0.05, 0.1) is 19.5 Å². The summed E-state index contributed by atoms with van der Waals surface area (Å²) in [6.45, 7) is 6.10. The number of carbonyl (C=O) groups is 1. The van der Waals surface area contributed by atoms with Crippen LogP contribution in [0.4, 0.5) is 17.2 Å². The Morgan fingerprint density at radius 2 is 1.65 bits per heavy atom. The van der Waals surface area contributed by atoms with E-state index in [0.29, 0.717) is 6.61 Å². The summed E-state index contributed by atoms with van der Waals surface area (Å²) in [5.74, 6) is 2.73. The molecule has 1 amide bonds. The van der Waals surface area contributed by atoms with Crippen LogP contribution in [0.1, 0.15) is 6.92 Å². The molecule has 4 rings (SSSR count). The first-order chi connectivity index (χ1) is 16.6. The Kier molecular flexibility index (Phi) is 8.08. The fraction of sp³-hybridized carbons (Fsp3) is 0.320. The molecule has 1 aliphatic rings. The highest BCUT2D eigenvalue weighted by atomic mass is 32.2. The van der Waals surface area contributed by atoms with Crippen molar-refractivity contribution in [3.63, 3.8) is 0 Å². The van der Waals surface area contributed by atoms with Crippen LogP contribution in [0.2, 0.25) is 0 Å². The van der Waals surface area contributed by atoms with Gasteiger partial charge in [-0.3, -0.25) is 4.79 Å². The molecule has 1 saturated heterocycles. The van der Waals surface area contributed by atoms with Crippen LogP contribution in [-0.2, 0) is 4.79 Å². The molecular weight excluding hydrogens is 450 g/mol. The Morgan fingerprint density at radius 3 is 2.32 bits per heavy atom. The highest BCUT2D eigenvalue weighted by Gasteiger charge is 2.19. The third-order valence-electron chi connectivity index (χ3n) is 5.47. The summed E-state index contributed by atoms with van der Waals surface area (Å²) < 4.78 is 10.7. The molecule has 0 unspecified atom stereocenters. The standard InChI is InChI=1S/C25H29N5O3S/c1-3-33-22-8-4-19(5-9-22)28-24(31)17-34-25-16-23(26-18-27-25)30-14-12-29(13-15-30)20-6-10-21(32-2)11-7-20/h4-11,16,18H,3,12-15,17H2,1-2H3,(H,28,31). The number of nitrogens with one attached hydrogen (secondary N) is 1. The van der Waals surface area contributed by atoms with Gasteiger partial charge in [0.1, 0.15) is 28.7 Å². The first-order valence-corrected chi connectivity index (χ1v) is 12.2. The minimum atomic E-state index is -0.0811. The number of hydrogen-bond donors (Lipinski definition) is 1. The molecule has 3 aromatic rings. The number of methoxy groups -OCH3 is 1. The average Bonchev–Trinajstić information content (AvgIpc) is 2.89. The number of anilines is 3. The van der Waals surface area contributed by atoms with E-state index in [2.05, 4.69) is 37.2 Å². The number of carbonyl (C=O) groups excluding carboxylic acids is 1. The second kappa shape index (κ2) is 11.6. The Hall–Kier alpha value is -3.46. The topological polar surface area (TPSA) is 79.8 Å². The predicted molar refractivity (Wildman–Crippen MR) is 136 cm³/mol. The number of ether oxygens (including phenoxy) is 2. The summed E-state index contributed by atoms with van der Waals surface area (Å²) >= 11 is 1.40. The van der Waals surface area contributed by atoms with Crippen LogP contribution in [-0.4, -0.2) is 61.5 Å². The Bertz CT molecular complexity index is 1070. The quantitative estimate of drug-likeness (QED) is 0.365. The van der Waals surface area contributed by atoms with Gasteiger partial charge in [0.25, 0.3) is 0 Å². The Labute approximate surface area is 204 Å². The zero-order valence-electron chi connectivity index (χ0n) is 19.4. The molecule has 0 atom stereocenters. The first kappa shape index (κ1) is 23.7. The Balaban J connectivity index is 1.27. The van der Waals surface area contributed by atoms with E-state index in [1.165, 1.54) is 17.4 Å². The van der Waals surface area contributed by atoms with Gasteiger partial charge in [-0.25, -0.2) is 9.97 Å². The molecule has 9 heteroatoms. The monoisotopic (exact) mass is 479 g/mol. The first-order valence-electron chi connectivity index (χ1n) is 11.3. The van der Waals surface area contributed by atoms with Gasteiger partial charge in [0.2, 0.25) is 5.91 Å². The van der Waals surface area contributed by atoms with E-state index in [1.807, 2.05) is 49.4 Å². The molecule has 2 aromatic carbocycles. The molecule has 0 radical (unpaired) electrons. The molecule has 1 aliphatic heterocycles. The molecule has 0 aliphatic carbocycles. The van der Waals surface area contributed by atoms with E-state index >= 15 is 0 Å². The molecule has 178 valence electrons. The van der Waals surface area contributed by atoms with Crippen molar-refractivity contribution >= 4 is 34.9 Å². The summed E-state index contributed by atoms with van der Waals surface area (Å²) in [5, 5.41) is 3.69. The lowest BCUT2D eigenvalue weighted by atomic mass is 10.2. The van der Waals surface area contributed by atoms with Crippen LogP contribution < -0.4 is 24.6 Å². The number of thioether (sulfide) groups is 1. The number of piperazine rings is 1. The summed E-state index contributed by atoms with van der Waals surface area (Å²) in [4.78, 5) is 25.8. The molecule has 1 aromatic heterocycles. The van der Waals surface area contributed by atoms with Crippen molar-refractivity contribution in [2.24, 2.45) is 0 Å². The van der Waals surface area contributed by atoms with Crippen LogP contribution in [0.5, 0.6) is 11.5 Å². The maximum Gasteiger partial charge on any atom is 0.234 e. The maximum atomic E-state index is 12.4. The summed E-state index contributed by atoms with van der Waals surface area (Å²) in [6, 6.07) is 17.5. The largest absolute Gasteiger partial charge is 0.497 e. The van der Waals surface area contributed by atoms with Crippen molar-refractivity contribution in [3.8, 4) is 11.5 Å². The smallest absolute Gasteiger partial charge is 0.234 e. The molecule has 0 saturated carbocycles. The number of hydrogen-bond acceptors (Lipinski definition) is 8.